The highest BCUT2D eigenvalue weighted by atomic mass is 16.3. The van der Waals surface area contributed by atoms with E-state index in [-0.39, 0.29) is 40.1 Å². The van der Waals surface area contributed by atoms with E-state index in [2.05, 4.69) is 5.32 Å². The summed E-state index contributed by atoms with van der Waals surface area (Å²) in [6.45, 7) is 0. The number of anilines is 1. The third-order valence-electron chi connectivity index (χ3n) is 3.63. The van der Waals surface area contributed by atoms with Gasteiger partial charge >= 0.3 is 0 Å². The van der Waals surface area contributed by atoms with Gasteiger partial charge in [0, 0.05) is 22.9 Å². The fourth-order valence-corrected chi connectivity index (χ4v) is 2.63. The number of phenolic OH excluding ortho intramolecular Hbond substituents is 2. The Morgan fingerprint density at radius 2 is 1.75 bits per heavy atom. The first-order chi connectivity index (χ1) is 11.4. The van der Waals surface area contributed by atoms with Gasteiger partial charge in [-0.25, -0.2) is 0 Å². The molecule has 0 fully saturated rings. The highest BCUT2D eigenvalue weighted by molar-refractivity contribution is 6.30. The maximum atomic E-state index is 12.6. The van der Waals surface area contributed by atoms with Crippen molar-refractivity contribution in [3.63, 3.8) is 0 Å². The van der Waals surface area contributed by atoms with Gasteiger partial charge in [0.1, 0.15) is 17.9 Å². The average Bonchev–Trinajstić information content (AvgIpc) is 2.52. The summed E-state index contributed by atoms with van der Waals surface area (Å²) in [7, 11) is 0. The van der Waals surface area contributed by atoms with E-state index in [0.29, 0.717) is 0 Å². The molecule has 1 amide bonds. The molecule has 3 rings (SSSR count). The number of nitrogens with zero attached hydrogens (tertiary/aromatic N) is 1. The summed E-state index contributed by atoms with van der Waals surface area (Å²) < 4.78 is 0. The topological polar surface area (TPSA) is 127 Å². The lowest BCUT2D eigenvalue weighted by Crippen LogP contribution is -2.22. The van der Waals surface area contributed by atoms with Crippen molar-refractivity contribution >= 4 is 23.2 Å². The van der Waals surface area contributed by atoms with Crippen LogP contribution in [0.25, 0.3) is 0 Å². The number of amides is 1. The normalized spacial score (nSPS) is 12.1. The highest BCUT2D eigenvalue weighted by Crippen LogP contribution is 2.38. The Labute approximate surface area is 135 Å². The van der Waals surface area contributed by atoms with Crippen molar-refractivity contribution in [1.29, 1.82) is 5.26 Å². The van der Waals surface area contributed by atoms with Crippen LogP contribution in [0.4, 0.5) is 5.69 Å². The number of carbonyl (C=O) groups excluding carboxylic acids is 3. The van der Waals surface area contributed by atoms with Crippen LogP contribution in [0.3, 0.4) is 0 Å². The van der Waals surface area contributed by atoms with E-state index in [1.165, 1.54) is 24.3 Å². The molecule has 7 nitrogen and oxygen atoms in total. The minimum absolute atomic E-state index is 0.0207. The summed E-state index contributed by atoms with van der Waals surface area (Å²) in [6.07, 6.45) is -0.387. The van der Waals surface area contributed by atoms with Crippen LogP contribution in [0, 0.1) is 11.3 Å². The van der Waals surface area contributed by atoms with Crippen molar-refractivity contribution < 1.29 is 24.6 Å². The number of hydrogen-bond acceptors (Lipinski definition) is 6. The van der Waals surface area contributed by atoms with E-state index < -0.39 is 23.2 Å². The van der Waals surface area contributed by atoms with Crippen LogP contribution in [0.2, 0.25) is 0 Å². The first-order valence-electron chi connectivity index (χ1n) is 6.89. The second-order valence-corrected chi connectivity index (χ2v) is 5.16. The van der Waals surface area contributed by atoms with Crippen molar-refractivity contribution in [3.05, 3.63) is 52.6 Å². The zero-order valence-electron chi connectivity index (χ0n) is 12.2. The first-order valence-corrected chi connectivity index (χ1v) is 6.89. The number of hydrogen-bond donors (Lipinski definition) is 3. The summed E-state index contributed by atoms with van der Waals surface area (Å²) in [5.74, 6) is -2.67. The molecule has 118 valence electrons. The molecule has 0 radical (unpaired) electrons. The molecule has 0 atom stereocenters. The maximum Gasteiger partial charge on any atom is 0.238 e. The lowest BCUT2D eigenvalue weighted by atomic mass is 9.83. The van der Waals surface area contributed by atoms with Crippen LogP contribution in [0.1, 0.15) is 38.3 Å². The predicted octanol–water partition coefficient (Wildman–Crippen LogP) is 1.73. The Morgan fingerprint density at radius 1 is 1.04 bits per heavy atom. The van der Waals surface area contributed by atoms with Crippen molar-refractivity contribution in [1.82, 2.24) is 0 Å². The second kappa shape index (κ2) is 5.52. The Morgan fingerprint density at radius 3 is 2.46 bits per heavy atom. The van der Waals surface area contributed by atoms with Gasteiger partial charge in [-0.15, -0.1) is 0 Å². The molecule has 0 aromatic heterocycles. The van der Waals surface area contributed by atoms with Gasteiger partial charge in [0.05, 0.1) is 17.2 Å². The van der Waals surface area contributed by atoms with Gasteiger partial charge in [-0.05, 0) is 12.1 Å². The van der Waals surface area contributed by atoms with Crippen LogP contribution in [-0.2, 0) is 4.79 Å². The molecule has 0 unspecified atom stereocenters. The molecule has 24 heavy (non-hydrogen) atoms. The molecule has 1 aliphatic rings. The van der Waals surface area contributed by atoms with E-state index in [9.17, 15) is 24.6 Å². The van der Waals surface area contributed by atoms with Gasteiger partial charge in [0.15, 0.2) is 5.78 Å². The number of ketones is 2. The number of nitrogens with one attached hydrogen (secondary N) is 1. The Hall–Kier alpha value is -3.66. The molecule has 2 aromatic carbocycles. The fourth-order valence-electron chi connectivity index (χ4n) is 2.63. The summed E-state index contributed by atoms with van der Waals surface area (Å²) in [5, 5.41) is 30.8. The molecular formula is C17H10N2O5. The zero-order valence-corrected chi connectivity index (χ0v) is 12.2. The fraction of sp³-hybridized carbons (Fsp3) is 0.0588. The van der Waals surface area contributed by atoms with Gasteiger partial charge in [0.2, 0.25) is 11.7 Å². The molecule has 0 saturated heterocycles. The van der Waals surface area contributed by atoms with Gasteiger partial charge in [-0.3, -0.25) is 14.4 Å². The molecular weight excluding hydrogens is 312 g/mol. The summed E-state index contributed by atoms with van der Waals surface area (Å²) in [4.78, 5) is 36.6. The van der Waals surface area contributed by atoms with E-state index >= 15 is 0 Å². The van der Waals surface area contributed by atoms with Crippen LogP contribution < -0.4 is 5.32 Å². The zero-order chi connectivity index (χ0) is 17.4. The average molecular weight is 322 g/mol. The van der Waals surface area contributed by atoms with Crippen LogP contribution in [0.15, 0.2) is 30.3 Å². The van der Waals surface area contributed by atoms with Crippen LogP contribution in [0.5, 0.6) is 11.5 Å². The molecule has 0 spiro atoms. The van der Waals surface area contributed by atoms with E-state index in [1.54, 1.807) is 6.07 Å². The Bertz CT molecular complexity index is 956. The molecule has 2 aromatic rings. The number of rotatable bonds is 2. The predicted molar refractivity (Wildman–Crippen MR) is 81.9 cm³/mol. The molecule has 0 heterocycles. The Balaban J connectivity index is 2.14. The van der Waals surface area contributed by atoms with Gasteiger partial charge in [-0.2, -0.15) is 5.26 Å². The molecule has 0 saturated carbocycles. The number of phenols is 2. The lowest BCUT2D eigenvalue weighted by Gasteiger charge is -2.20. The van der Waals surface area contributed by atoms with Crippen LogP contribution in [-0.4, -0.2) is 27.7 Å². The molecule has 7 heteroatoms. The maximum absolute atomic E-state index is 12.6. The molecule has 1 aliphatic carbocycles. The number of fused-ring (bicyclic) bond motifs is 2. The Kier molecular flexibility index (Phi) is 3.50. The van der Waals surface area contributed by atoms with Gasteiger partial charge in [0.25, 0.3) is 0 Å². The number of nitriles is 1. The minimum atomic E-state index is -0.676. The SMILES string of the molecule is N#CCC(=O)Nc1cc(O)c2c(c1)C(=O)c1cccc(O)c1C2=O. The third kappa shape index (κ3) is 2.27. The van der Waals surface area contributed by atoms with Crippen LogP contribution >= 0.6 is 0 Å². The number of benzene rings is 2. The molecule has 3 N–H and O–H groups in total. The van der Waals surface area contributed by atoms with Gasteiger partial charge in [-0.1, -0.05) is 12.1 Å². The largest absolute Gasteiger partial charge is 0.507 e. The van der Waals surface area contributed by atoms with E-state index in [4.69, 9.17) is 5.26 Å². The third-order valence-corrected chi connectivity index (χ3v) is 3.63. The summed E-state index contributed by atoms with van der Waals surface area (Å²) in [6, 6.07) is 8.17. The summed E-state index contributed by atoms with van der Waals surface area (Å²) >= 11 is 0. The molecule has 0 bridgehead atoms. The lowest BCUT2D eigenvalue weighted by molar-refractivity contribution is -0.115. The van der Waals surface area contributed by atoms with Crippen molar-refractivity contribution in [3.8, 4) is 17.6 Å². The quantitative estimate of drug-likeness (QED) is 0.659. The summed E-state index contributed by atoms with van der Waals surface area (Å²) in [5.41, 5.74) is -0.354. The monoisotopic (exact) mass is 322 g/mol. The van der Waals surface area contributed by atoms with E-state index in [1.807, 2.05) is 0 Å². The van der Waals surface area contributed by atoms with Crippen molar-refractivity contribution in [2.45, 2.75) is 6.42 Å². The standard InChI is InChI=1S/C17H10N2O5/c18-5-4-13(22)19-8-6-10-15(12(21)7-8)17(24)14-9(16(10)23)2-1-3-11(14)20/h1-3,6-7,20-21H,4H2,(H,19,22). The van der Waals surface area contributed by atoms with Gasteiger partial charge < -0.3 is 15.5 Å². The number of carbonyl (C=O) groups is 3. The van der Waals surface area contributed by atoms with E-state index in [0.717, 1.165) is 6.07 Å². The van der Waals surface area contributed by atoms with Crippen molar-refractivity contribution in [2.24, 2.45) is 0 Å². The number of aromatic hydroxyl groups is 2. The first kappa shape index (κ1) is 15.2. The highest BCUT2D eigenvalue weighted by Gasteiger charge is 2.34. The molecule has 0 aliphatic heterocycles. The smallest absolute Gasteiger partial charge is 0.238 e. The second-order valence-electron chi connectivity index (χ2n) is 5.16. The van der Waals surface area contributed by atoms with Crippen molar-refractivity contribution in [2.75, 3.05) is 5.32 Å². The minimum Gasteiger partial charge on any atom is -0.507 e.